The first kappa shape index (κ1) is 25.6. The maximum absolute atomic E-state index is 14.1. The molecule has 3 atom stereocenters. The first-order valence-electron chi connectivity index (χ1n) is 13.6. The Labute approximate surface area is 244 Å². The normalized spacial score (nSPS) is 21.3. The topological polar surface area (TPSA) is 119 Å². The average Bonchev–Trinajstić information content (AvgIpc) is 3.35. The number of fused-ring (bicyclic) bond motifs is 4. The van der Waals surface area contributed by atoms with Crippen LogP contribution in [0.5, 0.6) is 0 Å². The minimum atomic E-state index is -0.578. The summed E-state index contributed by atoms with van der Waals surface area (Å²) in [7, 11) is 0. The van der Waals surface area contributed by atoms with Gasteiger partial charge >= 0.3 is 0 Å². The number of anilines is 2. The molecule has 9 nitrogen and oxygen atoms in total. The van der Waals surface area contributed by atoms with Crippen molar-refractivity contribution in [1.82, 2.24) is 24.4 Å². The zero-order valence-electron chi connectivity index (χ0n) is 22.6. The molecule has 1 aliphatic carbocycles. The summed E-state index contributed by atoms with van der Waals surface area (Å²) in [6.07, 6.45) is 2.93. The van der Waals surface area contributed by atoms with E-state index in [4.69, 9.17) is 5.73 Å². The number of carbonyl (C=O) groups excluding carboxylic acids is 2. The highest BCUT2D eigenvalue weighted by Crippen LogP contribution is 2.59. The minimum absolute atomic E-state index is 0.0276. The molecule has 0 radical (unpaired) electrons. The highest BCUT2D eigenvalue weighted by Gasteiger charge is 2.64. The molecular formula is C31H28BrN7O2. The summed E-state index contributed by atoms with van der Waals surface area (Å²) in [5.74, 6) is 0.461. The van der Waals surface area contributed by atoms with Crippen LogP contribution in [0.2, 0.25) is 0 Å². The molecule has 5 aromatic rings. The second-order valence-corrected chi connectivity index (χ2v) is 12.1. The highest BCUT2D eigenvalue weighted by molar-refractivity contribution is 9.10. The van der Waals surface area contributed by atoms with Gasteiger partial charge in [-0.2, -0.15) is 0 Å². The van der Waals surface area contributed by atoms with Crippen LogP contribution in [-0.4, -0.2) is 48.3 Å². The Bertz CT molecular complexity index is 1870. The van der Waals surface area contributed by atoms with Crippen molar-refractivity contribution in [3.8, 4) is 11.1 Å². The molecule has 4 heterocycles. The lowest BCUT2D eigenvalue weighted by molar-refractivity contribution is -0.138. The molecule has 2 aromatic carbocycles. The van der Waals surface area contributed by atoms with Crippen LogP contribution >= 0.6 is 15.9 Å². The molecule has 3 N–H and O–H groups in total. The zero-order valence-corrected chi connectivity index (χ0v) is 24.2. The van der Waals surface area contributed by atoms with Crippen LogP contribution in [0.1, 0.15) is 25.3 Å². The van der Waals surface area contributed by atoms with Crippen LogP contribution in [0, 0.1) is 12.3 Å². The molecular weight excluding hydrogens is 582 g/mol. The van der Waals surface area contributed by atoms with Gasteiger partial charge in [0.25, 0.3) is 0 Å². The lowest BCUT2D eigenvalue weighted by atomic mass is 10.00. The van der Waals surface area contributed by atoms with Gasteiger partial charge < -0.3 is 20.5 Å². The van der Waals surface area contributed by atoms with Crippen LogP contribution in [0.4, 0.5) is 11.6 Å². The van der Waals surface area contributed by atoms with Crippen molar-refractivity contribution >= 4 is 61.3 Å². The summed E-state index contributed by atoms with van der Waals surface area (Å²) in [4.78, 5) is 42.5. The van der Waals surface area contributed by atoms with E-state index < -0.39 is 6.04 Å². The summed E-state index contributed by atoms with van der Waals surface area (Å²) >= 11 is 3.35. The average molecular weight is 611 g/mol. The first-order chi connectivity index (χ1) is 19.7. The predicted octanol–water partition coefficient (Wildman–Crippen LogP) is 5.32. The number of nitrogens with zero attached hydrogens (tertiary/aromatic N) is 5. The molecule has 0 unspecified atom stereocenters. The number of nitrogens with two attached hydrogens (primary N) is 1. The van der Waals surface area contributed by atoms with Gasteiger partial charge in [0.1, 0.15) is 40.8 Å². The predicted molar refractivity (Wildman–Crippen MR) is 162 cm³/mol. The zero-order chi connectivity index (χ0) is 28.5. The molecule has 0 spiro atoms. The number of aromatic nitrogens is 4. The van der Waals surface area contributed by atoms with Crippen molar-refractivity contribution < 1.29 is 9.59 Å². The number of hydrogen-bond donors (Lipinski definition) is 2. The number of halogens is 1. The van der Waals surface area contributed by atoms with Gasteiger partial charge in [0.2, 0.25) is 11.8 Å². The van der Waals surface area contributed by atoms with Crippen molar-refractivity contribution in [3.63, 3.8) is 0 Å². The Balaban J connectivity index is 1.27. The molecule has 7 rings (SSSR count). The molecule has 10 heteroatoms. The lowest BCUT2D eigenvalue weighted by Crippen LogP contribution is -2.46. The molecule has 2 amide bonds. The van der Waals surface area contributed by atoms with E-state index in [9.17, 15) is 9.59 Å². The Morgan fingerprint density at radius 3 is 2.66 bits per heavy atom. The fourth-order valence-corrected chi connectivity index (χ4v) is 6.85. The third-order valence-electron chi connectivity index (χ3n) is 8.54. The van der Waals surface area contributed by atoms with Gasteiger partial charge in [-0.1, -0.05) is 43.3 Å². The maximum Gasteiger partial charge on any atom is 0.248 e. The summed E-state index contributed by atoms with van der Waals surface area (Å²) in [6, 6.07) is 19.1. The number of benzene rings is 2. The largest absolute Gasteiger partial charge is 0.383 e. The monoisotopic (exact) mass is 609 g/mol. The van der Waals surface area contributed by atoms with E-state index in [0.717, 1.165) is 39.4 Å². The summed E-state index contributed by atoms with van der Waals surface area (Å²) in [5, 5.41) is 4.53. The molecule has 206 valence electrons. The molecule has 2 aliphatic rings. The van der Waals surface area contributed by atoms with Crippen molar-refractivity contribution in [2.75, 3.05) is 11.1 Å². The van der Waals surface area contributed by atoms with Crippen LogP contribution < -0.4 is 11.1 Å². The third-order valence-corrected chi connectivity index (χ3v) is 8.99. The highest BCUT2D eigenvalue weighted by atomic mass is 79.9. The van der Waals surface area contributed by atoms with E-state index in [0.29, 0.717) is 28.3 Å². The molecule has 1 saturated heterocycles. The Morgan fingerprint density at radius 1 is 1.07 bits per heavy atom. The number of nitrogen functional groups attached to an aromatic ring is 1. The van der Waals surface area contributed by atoms with Gasteiger partial charge in [-0.25, -0.2) is 15.0 Å². The van der Waals surface area contributed by atoms with Crippen molar-refractivity contribution in [3.05, 3.63) is 77.2 Å². The lowest BCUT2D eigenvalue weighted by Gasteiger charge is -2.27. The van der Waals surface area contributed by atoms with Gasteiger partial charge in [-0.3, -0.25) is 9.59 Å². The maximum atomic E-state index is 14.1. The molecule has 1 saturated carbocycles. The van der Waals surface area contributed by atoms with Crippen molar-refractivity contribution in [1.29, 1.82) is 0 Å². The van der Waals surface area contributed by atoms with E-state index in [1.807, 2.05) is 35.8 Å². The fraction of sp³-hybridized carbons (Fsp3) is 0.258. The van der Waals surface area contributed by atoms with E-state index >= 15 is 0 Å². The SMILES string of the molecule is Cc1cc(-c2ccccc2)cc2c3c(N)ncnc3n(CC(=O)N3[C@H](C(=O)Nc4cccc(Br)n4)C[C@@]4(C)C[C@@H]34)c12. The molecule has 3 aromatic heterocycles. The van der Waals surface area contributed by atoms with Gasteiger partial charge in [0, 0.05) is 11.4 Å². The quantitative estimate of drug-likeness (QED) is 0.260. The van der Waals surface area contributed by atoms with E-state index in [2.05, 4.69) is 67.4 Å². The minimum Gasteiger partial charge on any atom is -0.383 e. The van der Waals surface area contributed by atoms with Crippen LogP contribution in [0.15, 0.2) is 71.6 Å². The van der Waals surface area contributed by atoms with Gasteiger partial charge in [-0.05, 0) is 82.1 Å². The molecule has 1 aliphatic heterocycles. The van der Waals surface area contributed by atoms with Gasteiger partial charge in [-0.15, -0.1) is 0 Å². The summed E-state index contributed by atoms with van der Waals surface area (Å²) in [6.45, 7) is 4.22. The molecule has 41 heavy (non-hydrogen) atoms. The van der Waals surface area contributed by atoms with E-state index in [1.54, 1.807) is 17.0 Å². The number of carbonyl (C=O) groups is 2. The standard InChI is InChI=1S/C31H28BrN7O2/c1-17-11-19(18-7-4-3-5-8-18)12-20-26-28(33)34-16-35-29(26)38(27(17)20)15-25(40)39-21(13-31(2)14-22(31)39)30(41)37-24-10-6-9-23(32)36-24/h3-12,16,21-22H,13-15H2,1-2H3,(H2,33,34,35)(H,36,37,41)/t21-,22+,31-/m0/s1. The number of hydrogen-bond acceptors (Lipinski definition) is 6. The second-order valence-electron chi connectivity index (χ2n) is 11.3. The van der Waals surface area contributed by atoms with E-state index in [-0.39, 0.29) is 29.8 Å². The van der Waals surface area contributed by atoms with Crippen LogP contribution in [-0.2, 0) is 16.1 Å². The van der Waals surface area contributed by atoms with Gasteiger partial charge in [0.15, 0.2) is 0 Å². The fourth-order valence-electron chi connectivity index (χ4n) is 6.50. The molecule has 0 bridgehead atoms. The number of amides is 2. The smallest absolute Gasteiger partial charge is 0.248 e. The number of aryl methyl sites for hydroxylation is 1. The summed E-state index contributed by atoms with van der Waals surface area (Å²) in [5.41, 5.74) is 11.0. The number of likely N-dealkylation sites (tertiary alicyclic amines) is 1. The van der Waals surface area contributed by atoms with Gasteiger partial charge in [0.05, 0.1) is 10.9 Å². The molecule has 2 fully saturated rings. The Kier molecular flexibility index (Phi) is 5.86. The van der Waals surface area contributed by atoms with Crippen molar-refractivity contribution in [2.45, 2.75) is 45.3 Å². The Hall–Kier alpha value is -4.31. The van der Waals surface area contributed by atoms with E-state index in [1.165, 1.54) is 6.33 Å². The second kappa shape index (κ2) is 9.37. The third kappa shape index (κ3) is 4.24. The van der Waals surface area contributed by atoms with Crippen LogP contribution in [0.3, 0.4) is 0 Å². The van der Waals surface area contributed by atoms with Crippen molar-refractivity contribution in [2.24, 2.45) is 5.41 Å². The summed E-state index contributed by atoms with van der Waals surface area (Å²) < 4.78 is 2.56. The number of rotatable bonds is 5. The number of piperidine rings is 1. The first-order valence-corrected chi connectivity index (χ1v) is 14.4. The number of pyridine rings is 1. The van der Waals surface area contributed by atoms with Crippen LogP contribution in [0.25, 0.3) is 33.1 Å². The number of nitrogens with one attached hydrogen (secondary N) is 1. The Morgan fingerprint density at radius 2 is 1.88 bits per heavy atom.